The van der Waals surface area contributed by atoms with Crippen LogP contribution in [0, 0.1) is 11.6 Å². The molecular weight excluding hydrogens is 336 g/mol. The van der Waals surface area contributed by atoms with Crippen molar-refractivity contribution in [2.75, 3.05) is 5.32 Å². The topological polar surface area (TPSA) is 69.6 Å². The first-order valence-corrected chi connectivity index (χ1v) is 6.16. The number of aromatic hydroxyl groups is 2. The van der Waals surface area contributed by atoms with Gasteiger partial charge in [0.1, 0.15) is 5.69 Å². The lowest BCUT2D eigenvalue weighted by atomic mass is 10.1. The highest BCUT2D eigenvalue weighted by atomic mass is 79.9. The van der Waals surface area contributed by atoms with Crippen LogP contribution in [-0.2, 0) is 0 Å². The molecule has 3 N–H and O–H groups in total. The Morgan fingerprint density at radius 1 is 1.15 bits per heavy atom. The molecule has 0 unspecified atom stereocenters. The van der Waals surface area contributed by atoms with Crippen LogP contribution < -0.4 is 5.32 Å². The number of phenols is 2. The fraction of sp³-hybridized carbons (Fsp3) is 0. The van der Waals surface area contributed by atoms with Gasteiger partial charge in [-0.3, -0.25) is 4.79 Å². The van der Waals surface area contributed by atoms with E-state index in [-0.39, 0.29) is 10.0 Å². The predicted molar refractivity (Wildman–Crippen MR) is 71.8 cm³/mol. The van der Waals surface area contributed by atoms with Crippen LogP contribution in [0.2, 0.25) is 0 Å². The van der Waals surface area contributed by atoms with Crippen molar-refractivity contribution in [1.82, 2.24) is 0 Å². The normalized spacial score (nSPS) is 10.3. The summed E-state index contributed by atoms with van der Waals surface area (Å²) in [5.41, 5.74) is -0.937. The van der Waals surface area contributed by atoms with Crippen LogP contribution in [0.5, 0.6) is 11.5 Å². The Hall–Kier alpha value is -2.15. The Labute approximate surface area is 120 Å². The summed E-state index contributed by atoms with van der Waals surface area (Å²) in [6.45, 7) is 0. The Morgan fingerprint density at radius 3 is 2.35 bits per heavy atom. The summed E-state index contributed by atoms with van der Waals surface area (Å²) in [6.07, 6.45) is 0. The molecule has 0 aliphatic rings. The first-order valence-electron chi connectivity index (χ1n) is 5.37. The van der Waals surface area contributed by atoms with E-state index in [0.717, 1.165) is 12.1 Å². The van der Waals surface area contributed by atoms with Crippen molar-refractivity contribution < 1.29 is 23.8 Å². The molecule has 0 saturated carbocycles. The van der Waals surface area contributed by atoms with E-state index in [9.17, 15) is 23.8 Å². The zero-order valence-electron chi connectivity index (χ0n) is 9.82. The maximum absolute atomic E-state index is 13.6. The zero-order valence-corrected chi connectivity index (χ0v) is 11.4. The molecule has 1 amide bonds. The van der Waals surface area contributed by atoms with E-state index >= 15 is 0 Å². The Kier molecular flexibility index (Phi) is 3.89. The number of benzene rings is 2. The third-order valence-electron chi connectivity index (χ3n) is 2.50. The van der Waals surface area contributed by atoms with Crippen molar-refractivity contribution in [1.29, 1.82) is 0 Å². The van der Waals surface area contributed by atoms with E-state index < -0.39 is 34.7 Å². The van der Waals surface area contributed by atoms with Crippen LogP contribution in [0.1, 0.15) is 10.4 Å². The number of hydrogen-bond acceptors (Lipinski definition) is 3. The second-order valence-electron chi connectivity index (χ2n) is 3.87. The molecule has 4 nitrogen and oxygen atoms in total. The van der Waals surface area contributed by atoms with Gasteiger partial charge in [-0.15, -0.1) is 0 Å². The maximum Gasteiger partial charge on any atom is 0.259 e. The molecule has 0 fully saturated rings. The molecule has 2 rings (SSSR count). The van der Waals surface area contributed by atoms with Crippen LogP contribution in [0.25, 0.3) is 0 Å². The van der Waals surface area contributed by atoms with Crippen molar-refractivity contribution in [3.05, 3.63) is 52.0 Å². The number of nitrogens with one attached hydrogen (secondary N) is 1. The zero-order chi connectivity index (χ0) is 14.9. The maximum atomic E-state index is 13.6. The van der Waals surface area contributed by atoms with Crippen LogP contribution >= 0.6 is 15.9 Å². The molecule has 0 aliphatic carbocycles. The smallest absolute Gasteiger partial charge is 0.259 e. The van der Waals surface area contributed by atoms with E-state index in [2.05, 4.69) is 15.9 Å². The average molecular weight is 344 g/mol. The highest BCUT2D eigenvalue weighted by Crippen LogP contribution is 2.30. The third kappa shape index (κ3) is 2.72. The number of carbonyl (C=O) groups excluding carboxylic acids is 1. The van der Waals surface area contributed by atoms with E-state index in [0.29, 0.717) is 0 Å². The quantitative estimate of drug-likeness (QED) is 0.732. The summed E-state index contributed by atoms with van der Waals surface area (Å²) in [5.74, 6) is -4.05. The Balaban J connectivity index is 2.36. The Bertz CT molecular complexity index is 668. The van der Waals surface area contributed by atoms with Gasteiger partial charge in [0.05, 0.1) is 5.56 Å². The number of hydrogen-bond donors (Lipinski definition) is 3. The minimum atomic E-state index is -0.968. The minimum Gasteiger partial charge on any atom is -0.504 e. The molecule has 2 aromatic rings. The number of halogens is 3. The summed E-state index contributed by atoms with van der Waals surface area (Å²) in [7, 11) is 0. The molecule has 20 heavy (non-hydrogen) atoms. The van der Waals surface area contributed by atoms with Gasteiger partial charge in [0.25, 0.3) is 5.91 Å². The van der Waals surface area contributed by atoms with Crippen LogP contribution in [0.4, 0.5) is 14.5 Å². The standard InChI is InChI=1S/C13H8BrF2NO3/c14-6-4-8(15)11(9(16)5-6)17-13(20)7-2-1-3-10(18)12(7)19/h1-5,18-19H,(H,17,20). The molecule has 0 heterocycles. The molecule has 0 atom stereocenters. The first kappa shape index (κ1) is 14.3. The molecular formula is C13H8BrF2NO3. The molecule has 0 spiro atoms. The van der Waals surface area contributed by atoms with Crippen molar-refractivity contribution in [3.8, 4) is 11.5 Å². The van der Waals surface area contributed by atoms with Gasteiger partial charge in [-0.25, -0.2) is 8.78 Å². The second kappa shape index (κ2) is 5.46. The van der Waals surface area contributed by atoms with Crippen LogP contribution in [0.3, 0.4) is 0 Å². The van der Waals surface area contributed by atoms with Gasteiger partial charge in [-0.1, -0.05) is 22.0 Å². The van der Waals surface area contributed by atoms with Gasteiger partial charge in [0.15, 0.2) is 23.1 Å². The molecule has 2 aromatic carbocycles. The molecule has 0 bridgehead atoms. The highest BCUT2D eigenvalue weighted by molar-refractivity contribution is 9.10. The van der Waals surface area contributed by atoms with Crippen molar-refractivity contribution in [3.63, 3.8) is 0 Å². The van der Waals surface area contributed by atoms with E-state index in [1.165, 1.54) is 18.2 Å². The van der Waals surface area contributed by atoms with Gasteiger partial charge >= 0.3 is 0 Å². The first-order chi connectivity index (χ1) is 9.40. The number of anilines is 1. The molecule has 0 aliphatic heterocycles. The van der Waals surface area contributed by atoms with E-state index in [1.807, 2.05) is 5.32 Å². The van der Waals surface area contributed by atoms with Crippen LogP contribution in [0.15, 0.2) is 34.8 Å². The largest absolute Gasteiger partial charge is 0.504 e. The molecule has 0 aromatic heterocycles. The van der Waals surface area contributed by atoms with Gasteiger partial charge in [0, 0.05) is 4.47 Å². The number of carbonyl (C=O) groups is 1. The lowest BCUT2D eigenvalue weighted by molar-refractivity contribution is 0.102. The monoisotopic (exact) mass is 343 g/mol. The lowest BCUT2D eigenvalue weighted by Gasteiger charge is -2.09. The van der Waals surface area contributed by atoms with Gasteiger partial charge in [-0.05, 0) is 24.3 Å². The molecule has 0 saturated heterocycles. The summed E-state index contributed by atoms with van der Waals surface area (Å²) >= 11 is 2.91. The van der Waals surface area contributed by atoms with Crippen molar-refractivity contribution in [2.45, 2.75) is 0 Å². The predicted octanol–water partition coefficient (Wildman–Crippen LogP) is 3.39. The van der Waals surface area contributed by atoms with Crippen molar-refractivity contribution >= 4 is 27.5 Å². The number of para-hydroxylation sites is 1. The number of phenolic OH excluding ortho intramolecular Hbond substituents is 2. The minimum absolute atomic E-state index is 0.186. The van der Waals surface area contributed by atoms with E-state index in [4.69, 9.17) is 0 Å². The fourth-order valence-electron chi connectivity index (χ4n) is 1.56. The summed E-state index contributed by atoms with van der Waals surface area (Å²) < 4.78 is 27.3. The molecule has 104 valence electrons. The summed E-state index contributed by atoms with van der Waals surface area (Å²) in [6, 6.07) is 5.67. The highest BCUT2D eigenvalue weighted by Gasteiger charge is 2.18. The summed E-state index contributed by atoms with van der Waals surface area (Å²) in [5, 5.41) is 20.8. The second-order valence-corrected chi connectivity index (χ2v) is 4.79. The van der Waals surface area contributed by atoms with Crippen molar-refractivity contribution in [2.24, 2.45) is 0 Å². The third-order valence-corrected chi connectivity index (χ3v) is 2.96. The van der Waals surface area contributed by atoms with Gasteiger partial charge < -0.3 is 15.5 Å². The van der Waals surface area contributed by atoms with Gasteiger partial charge in [-0.2, -0.15) is 0 Å². The molecule has 7 heteroatoms. The van der Waals surface area contributed by atoms with Gasteiger partial charge in [0.2, 0.25) is 0 Å². The van der Waals surface area contributed by atoms with Crippen LogP contribution in [-0.4, -0.2) is 16.1 Å². The molecule has 0 radical (unpaired) electrons. The average Bonchev–Trinajstić information content (AvgIpc) is 2.36. The number of amides is 1. The summed E-state index contributed by atoms with van der Waals surface area (Å²) in [4.78, 5) is 11.8. The Morgan fingerprint density at radius 2 is 1.75 bits per heavy atom. The SMILES string of the molecule is O=C(Nc1c(F)cc(Br)cc1F)c1cccc(O)c1O. The fourth-order valence-corrected chi connectivity index (χ4v) is 1.96. The number of rotatable bonds is 2. The van der Waals surface area contributed by atoms with E-state index in [1.54, 1.807) is 0 Å². The lowest BCUT2D eigenvalue weighted by Crippen LogP contribution is -2.14.